The lowest BCUT2D eigenvalue weighted by Crippen LogP contribution is -2.33. The maximum Gasteiger partial charge on any atom is 0.253 e. The van der Waals surface area contributed by atoms with Crippen LogP contribution in [0.4, 0.5) is 0 Å². The Morgan fingerprint density at radius 1 is 1.32 bits per heavy atom. The molecule has 0 aliphatic carbocycles. The highest BCUT2D eigenvalue weighted by Gasteiger charge is 2.13. The molecule has 0 bridgehead atoms. The molecule has 0 saturated heterocycles. The van der Waals surface area contributed by atoms with Crippen LogP contribution in [0.15, 0.2) is 48.8 Å². The van der Waals surface area contributed by atoms with E-state index in [1.54, 1.807) is 20.0 Å². The molecule has 100 valence electrons. The molecule has 2 rings (SSSR count). The molecule has 19 heavy (non-hydrogen) atoms. The zero-order chi connectivity index (χ0) is 13.8. The van der Waals surface area contributed by atoms with Gasteiger partial charge in [0.05, 0.1) is 6.10 Å². The normalized spacial score (nSPS) is 12.2. The van der Waals surface area contributed by atoms with Crippen LogP contribution in [-0.2, 0) is 0 Å². The SMILES string of the molecule is CC(O)CN(C)C(=O)c1cccc(-n2cccc2)c1. The average molecular weight is 258 g/mol. The summed E-state index contributed by atoms with van der Waals surface area (Å²) in [6.45, 7) is 1.99. The molecule has 4 nitrogen and oxygen atoms in total. The summed E-state index contributed by atoms with van der Waals surface area (Å²) in [4.78, 5) is 13.7. The fourth-order valence-corrected chi connectivity index (χ4v) is 2.01. The van der Waals surface area contributed by atoms with Gasteiger partial charge < -0.3 is 14.6 Å². The first-order valence-corrected chi connectivity index (χ1v) is 6.25. The van der Waals surface area contributed by atoms with E-state index in [4.69, 9.17) is 0 Å². The van der Waals surface area contributed by atoms with E-state index in [0.717, 1.165) is 5.69 Å². The average Bonchev–Trinajstić information content (AvgIpc) is 2.91. The molecule has 0 radical (unpaired) electrons. The number of carbonyl (C=O) groups excluding carboxylic acids is 1. The van der Waals surface area contributed by atoms with Crippen LogP contribution in [0.25, 0.3) is 5.69 Å². The van der Waals surface area contributed by atoms with Gasteiger partial charge in [0.2, 0.25) is 0 Å². The highest BCUT2D eigenvalue weighted by Crippen LogP contribution is 2.12. The third-order valence-corrected chi connectivity index (χ3v) is 2.88. The van der Waals surface area contributed by atoms with Gasteiger partial charge >= 0.3 is 0 Å². The predicted octanol–water partition coefficient (Wildman–Crippen LogP) is 1.93. The van der Waals surface area contributed by atoms with Gasteiger partial charge in [-0.2, -0.15) is 0 Å². The Labute approximate surface area is 112 Å². The van der Waals surface area contributed by atoms with E-state index < -0.39 is 6.10 Å². The topological polar surface area (TPSA) is 45.5 Å². The predicted molar refractivity (Wildman–Crippen MR) is 74.4 cm³/mol. The van der Waals surface area contributed by atoms with Crippen molar-refractivity contribution in [1.29, 1.82) is 0 Å². The summed E-state index contributed by atoms with van der Waals surface area (Å²) in [5, 5.41) is 9.33. The zero-order valence-electron chi connectivity index (χ0n) is 11.2. The number of rotatable bonds is 4. The molecule has 1 aromatic carbocycles. The molecule has 0 fully saturated rings. The molecule has 0 saturated carbocycles. The summed E-state index contributed by atoms with van der Waals surface area (Å²) >= 11 is 0. The van der Waals surface area contributed by atoms with Crippen LogP contribution in [-0.4, -0.2) is 40.2 Å². The van der Waals surface area contributed by atoms with Crippen LogP contribution in [0.2, 0.25) is 0 Å². The van der Waals surface area contributed by atoms with E-state index in [0.29, 0.717) is 12.1 Å². The number of amides is 1. The lowest BCUT2D eigenvalue weighted by atomic mass is 10.1. The van der Waals surface area contributed by atoms with Crippen LogP contribution in [0.5, 0.6) is 0 Å². The van der Waals surface area contributed by atoms with Gasteiger partial charge in [0, 0.05) is 37.2 Å². The van der Waals surface area contributed by atoms with Crippen molar-refractivity contribution in [3.05, 3.63) is 54.4 Å². The highest BCUT2D eigenvalue weighted by atomic mass is 16.3. The first-order valence-electron chi connectivity index (χ1n) is 6.25. The summed E-state index contributed by atoms with van der Waals surface area (Å²) in [6, 6.07) is 11.3. The number of nitrogens with zero attached hydrogens (tertiary/aromatic N) is 2. The van der Waals surface area contributed by atoms with E-state index in [-0.39, 0.29) is 5.91 Å². The zero-order valence-corrected chi connectivity index (χ0v) is 11.2. The number of hydrogen-bond acceptors (Lipinski definition) is 2. The van der Waals surface area contributed by atoms with Crippen molar-refractivity contribution in [3.8, 4) is 5.69 Å². The quantitative estimate of drug-likeness (QED) is 0.910. The van der Waals surface area contributed by atoms with Gasteiger partial charge in [0.1, 0.15) is 0 Å². The lowest BCUT2D eigenvalue weighted by molar-refractivity contribution is 0.0703. The fraction of sp³-hybridized carbons (Fsp3) is 0.267. The number of likely N-dealkylation sites (N-methyl/N-ethyl adjacent to an activating group) is 1. The number of benzene rings is 1. The molecule has 1 atom stereocenters. The Balaban J connectivity index is 2.21. The van der Waals surface area contributed by atoms with Crippen molar-refractivity contribution in [2.75, 3.05) is 13.6 Å². The maximum atomic E-state index is 12.2. The molecule has 0 aliphatic rings. The highest BCUT2D eigenvalue weighted by molar-refractivity contribution is 5.94. The number of hydrogen-bond donors (Lipinski definition) is 1. The first-order chi connectivity index (χ1) is 9.08. The van der Waals surface area contributed by atoms with Crippen LogP contribution in [0.1, 0.15) is 17.3 Å². The number of aliphatic hydroxyl groups is 1. The van der Waals surface area contributed by atoms with Crippen LogP contribution in [0, 0.1) is 0 Å². The maximum absolute atomic E-state index is 12.2. The van der Waals surface area contributed by atoms with Crippen molar-refractivity contribution in [1.82, 2.24) is 9.47 Å². The lowest BCUT2D eigenvalue weighted by Gasteiger charge is -2.19. The second kappa shape index (κ2) is 5.71. The van der Waals surface area contributed by atoms with E-state index in [9.17, 15) is 9.90 Å². The van der Waals surface area contributed by atoms with E-state index in [2.05, 4.69) is 0 Å². The third kappa shape index (κ3) is 3.23. The molecule has 4 heteroatoms. The van der Waals surface area contributed by atoms with Crippen molar-refractivity contribution >= 4 is 5.91 Å². The molecule has 2 aromatic rings. The third-order valence-electron chi connectivity index (χ3n) is 2.88. The van der Waals surface area contributed by atoms with Crippen molar-refractivity contribution in [2.45, 2.75) is 13.0 Å². The van der Waals surface area contributed by atoms with Crippen molar-refractivity contribution in [3.63, 3.8) is 0 Å². The molecule has 1 amide bonds. The Hall–Kier alpha value is -2.07. The standard InChI is InChI=1S/C15H18N2O2/c1-12(18)11-16(2)15(19)13-6-5-7-14(10-13)17-8-3-4-9-17/h3-10,12,18H,11H2,1-2H3. The van der Waals surface area contributed by atoms with Gasteiger partial charge in [0.25, 0.3) is 5.91 Å². The van der Waals surface area contributed by atoms with Crippen LogP contribution < -0.4 is 0 Å². The smallest absolute Gasteiger partial charge is 0.253 e. The van der Waals surface area contributed by atoms with Crippen LogP contribution >= 0.6 is 0 Å². The van der Waals surface area contributed by atoms with Gasteiger partial charge in [-0.05, 0) is 37.3 Å². The monoisotopic (exact) mass is 258 g/mol. The summed E-state index contributed by atoms with van der Waals surface area (Å²) in [6.07, 6.45) is 3.34. The molecular formula is C15H18N2O2. The van der Waals surface area contributed by atoms with Gasteiger partial charge in [-0.1, -0.05) is 6.07 Å². The second-order valence-corrected chi connectivity index (χ2v) is 4.68. The fourth-order valence-electron chi connectivity index (χ4n) is 2.01. The molecule has 1 aromatic heterocycles. The van der Waals surface area contributed by atoms with E-state index in [1.807, 2.05) is 47.3 Å². The minimum atomic E-state index is -0.526. The number of carbonyl (C=O) groups is 1. The number of aromatic nitrogens is 1. The van der Waals surface area contributed by atoms with Crippen LogP contribution in [0.3, 0.4) is 0 Å². The van der Waals surface area contributed by atoms with Gasteiger partial charge in [0.15, 0.2) is 0 Å². The van der Waals surface area contributed by atoms with Gasteiger partial charge in [-0.15, -0.1) is 0 Å². The summed E-state index contributed by atoms with van der Waals surface area (Å²) < 4.78 is 1.95. The van der Waals surface area contributed by atoms with E-state index in [1.165, 1.54) is 4.90 Å². The van der Waals surface area contributed by atoms with Crippen molar-refractivity contribution < 1.29 is 9.90 Å². The Morgan fingerprint density at radius 2 is 2.00 bits per heavy atom. The summed E-state index contributed by atoms with van der Waals surface area (Å²) in [5.74, 6) is -0.0880. The Bertz CT molecular complexity index is 547. The first kappa shape index (κ1) is 13.4. The molecule has 1 unspecified atom stereocenters. The van der Waals surface area contributed by atoms with E-state index >= 15 is 0 Å². The minimum Gasteiger partial charge on any atom is -0.392 e. The molecule has 1 N–H and O–H groups in total. The molecular weight excluding hydrogens is 240 g/mol. The molecule has 0 spiro atoms. The number of aliphatic hydroxyl groups excluding tert-OH is 1. The Kier molecular flexibility index (Phi) is 4.02. The minimum absolute atomic E-state index is 0.0880. The summed E-state index contributed by atoms with van der Waals surface area (Å²) in [7, 11) is 1.69. The van der Waals surface area contributed by atoms with Gasteiger partial charge in [-0.3, -0.25) is 4.79 Å². The second-order valence-electron chi connectivity index (χ2n) is 4.68. The van der Waals surface area contributed by atoms with Gasteiger partial charge in [-0.25, -0.2) is 0 Å². The summed E-state index contributed by atoms with van der Waals surface area (Å²) in [5.41, 5.74) is 1.57. The Morgan fingerprint density at radius 3 is 2.63 bits per heavy atom. The van der Waals surface area contributed by atoms with Crippen molar-refractivity contribution in [2.24, 2.45) is 0 Å². The molecule has 0 aliphatic heterocycles. The largest absolute Gasteiger partial charge is 0.392 e. The molecule has 1 heterocycles.